The highest BCUT2D eigenvalue weighted by atomic mass is 79.9. The van der Waals surface area contributed by atoms with Crippen molar-refractivity contribution < 1.29 is 9.90 Å². The second-order valence-corrected chi connectivity index (χ2v) is 6.15. The lowest BCUT2D eigenvalue weighted by molar-refractivity contribution is -0.138. The van der Waals surface area contributed by atoms with Crippen molar-refractivity contribution in [3.63, 3.8) is 0 Å². The van der Waals surface area contributed by atoms with Gasteiger partial charge in [-0.3, -0.25) is 9.78 Å². The topological polar surface area (TPSA) is 63.1 Å². The van der Waals surface area contributed by atoms with Crippen molar-refractivity contribution in [1.29, 1.82) is 0 Å². The van der Waals surface area contributed by atoms with Crippen molar-refractivity contribution in [3.8, 4) is 10.6 Å². The zero-order chi connectivity index (χ0) is 12.7. The molecule has 2 heterocycles. The quantitative estimate of drug-likeness (QED) is 0.922. The summed E-state index contributed by atoms with van der Waals surface area (Å²) in [6, 6.07) is 1.94. The van der Waals surface area contributed by atoms with Crippen LogP contribution in [-0.4, -0.2) is 21.0 Å². The predicted octanol–water partition coefficient (Wildman–Crippen LogP) is 3.08. The van der Waals surface area contributed by atoms with Crippen molar-refractivity contribution >= 4 is 33.2 Å². The molecule has 2 aromatic heterocycles. The average Bonchev–Trinajstić information content (AvgIpc) is 2.87. The first-order valence-corrected chi connectivity index (χ1v) is 7.09. The van der Waals surface area contributed by atoms with Gasteiger partial charge >= 0.3 is 5.97 Å². The maximum Gasteiger partial charge on any atom is 0.312 e. The van der Waals surface area contributed by atoms with Crippen LogP contribution in [0, 0.1) is 0 Å². The maximum absolute atomic E-state index is 11.1. The first-order valence-electron chi connectivity index (χ1n) is 5.48. The Bertz CT molecular complexity index is 626. The van der Waals surface area contributed by atoms with E-state index in [0.717, 1.165) is 32.0 Å². The average molecular weight is 325 g/mol. The highest BCUT2D eigenvalue weighted by molar-refractivity contribution is 9.10. The van der Waals surface area contributed by atoms with Gasteiger partial charge in [-0.15, -0.1) is 11.3 Å². The monoisotopic (exact) mass is 324 g/mol. The van der Waals surface area contributed by atoms with Crippen LogP contribution in [0.15, 0.2) is 22.9 Å². The number of carboxylic acid groups (broad SMARTS) is 1. The van der Waals surface area contributed by atoms with E-state index in [2.05, 4.69) is 25.9 Å². The molecule has 6 heteroatoms. The molecular formula is C12H9BrN2O2S. The number of halogens is 1. The highest BCUT2D eigenvalue weighted by Gasteiger charge is 2.32. The summed E-state index contributed by atoms with van der Waals surface area (Å²) >= 11 is 4.94. The molecule has 0 bridgehead atoms. The molecule has 92 valence electrons. The number of carboxylic acids is 1. The Labute approximate surface area is 116 Å². The summed E-state index contributed by atoms with van der Waals surface area (Å²) in [4.78, 5) is 20.8. The van der Waals surface area contributed by atoms with Crippen molar-refractivity contribution in [3.05, 3.63) is 33.5 Å². The number of aryl methyl sites for hydroxylation is 1. The van der Waals surface area contributed by atoms with Gasteiger partial charge in [0, 0.05) is 27.3 Å². The number of nitrogens with zero attached hydrogens (tertiary/aromatic N) is 2. The van der Waals surface area contributed by atoms with Crippen LogP contribution >= 0.6 is 27.3 Å². The van der Waals surface area contributed by atoms with Crippen LogP contribution in [0.25, 0.3) is 10.6 Å². The number of pyridine rings is 1. The lowest BCUT2D eigenvalue weighted by Gasteiger charge is -2.01. The summed E-state index contributed by atoms with van der Waals surface area (Å²) in [5.74, 6) is -1.22. The third-order valence-electron chi connectivity index (χ3n) is 2.97. The van der Waals surface area contributed by atoms with Crippen LogP contribution in [0.5, 0.6) is 0 Å². The zero-order valence-corrected chi connectivity index (χ0v) is 11.7. The van der Waals surface area contributed by atoms with Gasteiger partial charge in [0.15, 0.2) is 0 Å². The zero-order valence-electron chi connectivity index (χ0n) is 9.26. The number of aliphatic carboxylic acids is 1. The minimum atomic E-state index is -0.780. The molecule has 18 heavy (non-hydrogen) atoms. The summed E-state index contributed by atoms with van der Waals surface area (Å²) < 4.78 is 0.894. The summed E-state index contributed by atoms with van der Waals surface area (Å²) in [5.41, 5.74) is 1.66. The van der Waals surface area contributed by atoms with E-state index in [1.165, 1.54) is 0 Å². The van der Waals surface area contributed by atoms with Crippen LogP contribution in [0.4, 0.5) is 0 Å². The summed E-state index contributed by atoms with van der Waals surface area (Å²) in [5, 5.41) is 9.98. The standard InChI is InChI=1S/C12H9BrN2O2S/c13-7-3-6(4-14-5-7)11-15-10-8(12(16)17)1-2-9(10)18-11/h3-5,8H,1-2H2,(H,16,17). The van der Waals surface area contributed by atoms with Gasteiger partial charge in [-0.1, -0.05) is 0 Å². The molecule has 1 aliphatic carbocycles. The van der Waals surface area contributed by atoms with Gasteiger partial charge in [-0.05, 0) is 34.8 Å². The van der Waals surface area contributed by atoms with Gasteiger partial charge in [0.1, 0.15) is 10.9 Å². The molecule has 0 spiro atoms. The number of carbonyl (C=O) groups is 1. The second kappa shape index (κ2) is 4.44. The van der Waals surface area contributed by atoms with Crippen molar-refractivity contribution in [2.24, 2.45) is 0 Å². The van der Waals surface area contributed by atoms with Crippen LogP contribution in [0.1, 0.15) is 22.9 Å². The molecular weight excluding hydrogens is 316 g/mol. The normalized spacial score (nSPS) is 17.7. The highest BCUT2D eigenvalue weighted by Crippen LogP contribution is 2.39. The Morgan fingerprint density at radius 3 is 3.06 bits per heavy atom. The number of hydrogen-bond acceptors (Lipinski definition) is 4. The van der Waals surface area contributed by atoms with Crippen molar-refractivity contribution in [2.75, 3.05) is 0 Å². The molecule has 1 atom stereocenters. The van der Waals surface area contributed by atoms with E-state index in [-0.39, 0.29) is 0 Å². The van der Waals surface area contributed by atoms with Gasteiger partial charge in [-0.2, -0.15) is 0 Å². The van der Waals surface area contributed by atoms with Crippen LogP contribution < -0.4 is 0 Å². The predicted molar refractivity (Wildman–Crippen MR) is 71.7 cm³/mol. The molecule has 0 radical (unpaired) electrons. The number of hydrogen-bond donors (Lipinski definition) is 1. The van der Waals surface area contributed by atoms with Crippen molar-refractivity contribution in [2.45, 2.75) is 18.8 Å². The lowest BCUT2D eigenvalue weighted by atomic mass is 10.1. The minimum absolute atomic E-state index is 0.440. The maximum atomic E-state index is 11.1. The van der Waals surface area contributed by atoms with Gasteiger partial charge in [0.05, 0.1) is 5.69 Å². The number of thiazole rings is 1. The molecule has 0 saturated carbocycles. The number of aromatic nitrogens is 2. The van der Waals surface area contributed by atoms with Gasteiger partial charge in [0.25, 0.3) is 0 Å². The Balaban J connectivity index is 2.02. The van der Waals surface area contributed by atoms with E-state index >= 15 is 0 Å². The van der Waals surface area contributed by atoms with Crippen LogP contribution in [-0.2, 0) is 11.2 Å². The summed E-state index contributed by atoms with van der Waals surface area (Å²) in [6.45, 7) is 0. The molecule has 1 aliphatic rings. The molecule has 0 saturated heterocycles. The van der Waals surface area contributed by atoms with Gasteiger partial charge in [0.2, 0.25) is 0 Å². The van der Waals surface area contributed by atoms with E-state index < -0.39 is 11.9 Å². The lowest BCUT2D eigenvalue weighted by Crippen LogP contribution is -2.08. The first-order chi connectivity index (χ1) is 8.65. The molecule has 1 N–H and O–H groups in total. The Morgan fingerprint density at radius 1 is 1.50 bits per heavy atom. The summed E-state index contributed by atoms with van der Waals surface area (Å²) in [6.07, 6.45) is 4.94. The molecule has 0 amide bonds. The third kappa shape index (κ3) is 1.95. The fourth-order valence-corrected chi connectivity index (χ4v) is 3.60. The Kier molecular flexibility index (Phi) is 2.91. The largest absolute Gasteiger partial charge is 0.481 e. The van der Waals surface area contributed by atoms with Crippen LogP contribution in [0.3, 0.4) is 0 Å². The number of rotatable bonds is 2. The molecule has 3 rings (SSSR count). The van der Waals surface area contributed by atoms with E-state index in [9.17, 15) is 4.79 Å². The summed E-state index contributed by atoms with van der Waals surface area (Å²) in [7, 11) is 0. The minimum Gasteiger partial charge on any atom is -0.481 e. The molecule has 0 aliphatic heterocycles. The molecule has 0 fully saturated rings. The number of fused-ring (bicyclic) bond motifs is 1. The second-order valence-electron chi connectivity index (χ2n) is 4.15. The van der Waals surface area contributed by atoms with E-state index in [1.807, 2.05) is 6.07 Å². The fourth-order valence-electron chi connectivity index (χ4n) is 2.12. The van der Waals surface area contributed by atoms with Gasteiger partial charge in [-0.25, -0.2) is 4.98 Å². The van der Waals surface area contributed by atoms with Crippen LogP contribution in [0.2, 0.25) is 0 Å². The van der Waals surface area contributed by atoms with E-state index in [0.29, 0.717) is 6.42 Å². The Hall–Kier alpha value is -1.27. The third-order valence-corrected chi connectivity index (χ3v) is 4.58. The SMILES string of the molecule is O=C(O)C1CCc2sc(-c3cncc(Br)c3)nc21. The molecule has 2 aromatic rings. The molecule has 4 nitrogen and oxygen atoms in total. The Morgan fingerprint density at radius 2 is 2.33 bits per heavy atom. The smallest absolute Gasteiger partial charge is 0.312 e. The van der Waals surface area contributed by atoms with E-state index in [1.54, 1.807) is 23.7 Å². The van der Waals surface area contributed by atoms with Gasteiger partial charge < -0.3 is 5.11 Å². The van der Waals surface area contributed by atoms with E-state index in [4.69, 9.17) is 5.11 Å². The van der Waals surface area contributed by atoms with Crippen molar-refractivity contribution in [1.82, 2.24) is 9.97 Å². The molecule has 1 unspecified atom stereocenters. The molecule has 0 aromatic carbocycles. The fraction of sp³-hybridized carbons (Fsp3) is 0.250. The first kappa shape index (κ1) is 11.8.